The number of rotatable bonds is 7. The number of aliphatic carboxylic acids is 1. The lowest BCUT2D eigenvalue weighted by molar-refractivity contribution is -0.148. The van der Waals surface area contributed by atoms with E-state index in [2.05, 4.69) is 21.2 Å². The van der Waals surface area contributed by atoms with Crippen LogP contribution in [-0.4, -0.2) is 23.7 Å². The Morgan fingerprint density at radius 1 is 1.50 bits per heavy atom. The first-order chi connectivity index (χ1) is 9.38. The summed E-state index contributed by atoms with van der Waals surface area (Å²) in [6.45, 7) is 4.29. The monoisotopic (exact) mass is 341 g/mol. The van der Waals surface area contributed by atoms with Crippen LogP contribution >= 0.6 is 15.9 Å². The molecule has 4 nitrogen and oxygen atoms in total. The number of halogens is 1. The normalized spacial score (nSPS) is 15.2. The molecule has 1 aliphatic rings. The summed E-state index contributed by atoms with van der Waals surface area (Å²) in [5.74, 6) is -0.187. The number of hydrogen-bond acceptors (Lipinski definition) is 3. The fraction of sp³-hybridized carbons (Fsp3) is 0.533. The van der Waals surface area contributed by atoms with Gasteiger partial charge in [-0.3, -0.25) is 4.79 Å². The number of benzene rings is 1. The molecule has 0 aliphatic heterocycles. The van der Waals surface area contributed by atoms with Gasteiger partial charge < -0.3 is 15.2 Å². The van der Waals surface area contributed by atoms with Gasteiger partial charge in [-0.1, -0.05) is 6.07 Å². The number of ether oxygens (including phenoxy) is 1. The smallest absolute Gasteiger partial charge is 0.312 e. The largest absolute Gasteiger partial charge is 0.491 e. The van der Waals surface area contributed by atoms with E-state index in [0.717, 1.165) is 11.0 Å². The summed E-state index contributed by atoms with van der Waals surface area (Å²) < 4.78 is 6.46. The first kappa shape index (κ1) is 15.3. The van der Waals surface area contributed by atoms with Crippen LogP contribution in [0.2, 0.25) is 0 Å². The molecule has 0 heterocycles. The number of hydrogen-bond donors (Lipinski definition) is 2. The van der Waals surface area contributed by atoms with E-state index >= 15 is 0 Å². The molecule has 0 bridgehead atoms. The molecular weight excluding hydrogens is 322 g/mol. The van der Waals surface area contributed by atoms with Crippen LogP contribution in [0.15, 0.2) is 22.7 Å². The van der Waals surface area contributed by atoms with Crippen molar-refractivity contribution in [3.8, 4) is 5.75 Å². The zero-order valence-electron chi connectivity index (χ0n) is 11.8. The maximum atomic E-state index is 11.0. The molecule has 2 N–H and O–H groups in total. The molecule has 0 unspecified atom stereocenters. The van der Waals surface area contributed by atoms with E-state index in [-0.39, 0.29) is 6.61 Å². The fourth-order valence-electron chi connectivity index (χ4n) is 1.64. The second-order valence-corrected chi connectivity index (χ2v) is 6.75. The van der Waals surface area contributed by atoms with E-state index in [1.54, 1.807) is 13.8 Å². The summed E-state index contributed by atoms with van der Waals surface area (Å²) in [7, 11) is 0. The summed E-state index contributed by atoms with van der Waals surface area (Å²) in [6, 6.07) is 6.58. The molecule has 20 heavy (non-hydrogen) atoms. The van der Waals surface area contributed by atoms with Crippen molar-refractivity contribution >= 4 is 21.9 Å². The van der Waals surface area contributed by atoms with E-state index in [1.165, 1.54) is 18.4 Å². The quantitative estimate of drug-likeness (QED) is 0.799. The molecule has 0 radical (unpaired) electrons. The van der Waals surface area contributed by atoms with Gasteiger partial charge in [0.1, 0.15) is 12.4 Å². The molecule has 0 amide bonds. The Kier molecular flexibility index (Phi) is 4.70. The molecule has 5 heteroatoms. The van der Waals surface area contributed by atoms with E-state index in [0.29, 0.717) is 11.8 Å². The van der Waals surface area contributed by atoms with Crippen molar-refractivity contribution in [1.82, 2.24) is 5.32 Å². The maximum Gasteiger partial charge on any atom is 0.312 e. The Bertz CT molecular complexity index is 498. The lowest BCUT2D eigenvalue weighted by Gasteiger charge is -2.20. The molecule has 0 aromatic heterocycles. The minimum absolute atomic E-state index is 0.139. The van der Waals surface area contributed by atoms with E-state index in [4.69, 9.17) is 9.84 Å². The van der Waals surface area contributed by atoms with Crippen LogP contribution in [0.25, 0.3) is 0 Å². The maximum absolute atomic E-state index is 11.0. The first-order valence-electron chi connectivity index (χ1n) is 6.76. The second-order valence-electron chi connectivity index (χ2n) is 5.90. The number of carbonyl (C=O) groups is 1. The fourth-order valence-corrected chi connectivity index (χ4v) is 2.18. The van der Waals surface area contributed by atoms with Gasteiger partial charge in [-0.15, -0.1) is 0 Å². The molecule has 1 aromatic rings. The van der Waals surface area contributed by atoms with Crippen LogP contribution in [0.3, 0.4) is 0 Å². The van der Waals surface area contributed by atoms with Crippen molar-refractivity contribution < 1.29 is 14.6 Å². The van der Waals surface area contributed by atoms with Gasteiger partial charge >= 0.3 is 5.97 Å². The second kappa shape index (κ2) is 6.14. The molecule has 0 atom stereocenters. The summed E-state index contributed by atoms with van der Waals surface area (Å²) in [5, 5.41) is 12.5. The molecule has 1 aliphatic carbocycles. The topological polar surface area (TPSA) is 58.6 Å². The molecule has 2 rings (SSSR count). The Morgan fingerprint density at radius 3 is 2.75 bits per heavy atom. The van der Waals surface area contributed by atoms with Gasteiger partial charge in [-0.2, -0.15) is 0 Å². The van der Waals surface area contributed by atoms with Gasteiger partial charge in [0.15, 0.2) is 0 Å². The lowest BCUT2D eigenvalue weighted by atomic mass is 9.95. The Morgan fingerprint density at radius 2 is 2.20 bits per heavy atom. The summed E-state index contributed by atoms with van der Waals surface area (Å²) >= 11 is 3.47. The predicted molar refractivity (Wildman–Crippen MR) is 80.9 cm³/mol. The predicted octanol–water partition coefficient (Wildman–Crippen LogP) is 3.19. The Balaban J connectivity index is 1.93. The lowest BCUT2D eigenvalue weighted by Crippen LogP contribution is -2.30. The SMILES string of the molecule is CC(C)(COc1ccc(CNC2CC2)cc1Br)C(=O)O. The highest BCUT2D eigenvalue weighted by Crippen LogP contribution is 2.28. The molecule has 1 aromatic carbocycles. The summed E-state index contributed by atoms with van der Waals surface area (Å²) in [5.41, 5.74) is 0.291. The molecule has 0 saturated heterocycles. The Labute approximate surface area is 127 Å². The van der Waals surface area contributed by atoms with Crippen molar-refractivity contribution in [1.29, 1.82) is 0 Å². The molecule has 110 valence electrons. The van der Waals surface area contributed by atoms with Gasteiger partial charge in [0.25, 0.3) is 0 Å². The molecule has 1 saturated carbocycles. The van der Waals surface area contributed by atoms with Crippen LogP contribution in [-0.2, 0) is 11.3 Å². The van der Waals surface area contributed by atoms with Gasteiger partial charge in [-0.05, 0) is 60.3 Å². The summed E-state index contributed by atoms with van der Waals surface area (Å²) in [4.78, 5) is 11.0. The molecular formula is C15H20BrNO3. The molecule has 0 spiro atoms. The number of carboxylic acid groups (broad SMARTS) is 1. The third kappa shape index (κ3) is 4.21. The zero-order chi connectivity index (χ0) is 14.8. The average molecular weight is 342 g/mol. The van der Waals surface area contributed by atoms with Crippen molar-refractivity contribution in [3.63, 3.8) is 0 Å². The third-order valence-electron chi connectivity index (χ3n) is 3.34. The standard InChI is InChI=1S/C15H20BrNO3/c1-15(2,14(18)19)9-20-13-6-3-10(7-12(13)16)8-17-11-4-5-11/h3,6-7,11,17H,4-5,8-9H2,1-2H3,(H,18,19). The Hall–Kier alpha value is -1.07. The van der Waals surface area contributed by atoms with E-state index in [1.807, 2.05) is 18.2 Å². The van der Waals surface area contributed by atoms with Gasteiger partial charge in [0.2, 0.25) is 0 Å². The number of carboxylic acids is 1. The highest BCUT2D eigenvalue weighted by molar-refractivity contribution is 9.10. The first-order valence-corrected chi connectivity index (χ1v) is 7.56. The van der Waals surface area contributed by atoms with Crippen molar-refractivity contribution in [2.24, 2.45) is 5.41 Å². The highest BCUT2D eigenvalue weighted by atomic mass is 79.9. The van der Waals surface area contributed by atoms with Gasteiger partial charge in [0, 0.05) is 12.6 Å². The highest BCUT2D eigenvalue weighted by Gasteiger charge is 2.28. The van der Waals surface area contributed by atoms with Crippen LogP contribution in [0.5, 0.6) is 5.75 Å². The molecule has 1 fully saturated rings. The van der Waals surface area contributed by atoms with E-state index < -0.39 is 11.4 Å². The summed E-state index contributed by atoms with van der Waals surface area (Å²) in [6.07, 6.45) is 2.54. The zero-order valence-corrected chi connectivity index (χ0v) is 13.4. The van der Waals surface area contributed by atoms with Crippen LogP contribution in [0.1, 0.15) is 32.3 Å². The minimum Gasteiger partial charge on any atom is -0.491 e. The third-order valence-corrected chi connectivity index (χ3v) is 3.96. The minimum atomic E-state index is -0.897. The van der Waals surface area contributed by atoms with Crippen molar-refractivity contribution in [3.05, 3.63) is 28.2 Å². The van der Waals surface area contributed by atoms with Crippen molar-refractivity contribution in [2.75, 3.05) is 6.61 Å². The van der Waals surface area contributed by atoms with Crippen LogP contribution < -0.4 is 10.1 Å². The van der Waals surface area contributed by atoms with Crippen LogP contribution in [0, 0.1) is 5.41 Å². The van der Waals surface area contributed by atoms with Crippen LogP contribution in [0.4, 0.5) is 0 Å². The van der Waals surface area contributed by atoms with Gasteiger partial charge in [0.05, 0.1) is 9.89 Å². The van der Waals surface area contributed by atoms with E-state index in [9.17, 15) is 4.79 Å². The van der Waals surface area contributed by atoms with Gasteiger partial charge in [-0.25, -0.2) is 0 Å². The average Bonchev–Trinajstić information content (AvgIpc) is 3.19. The number of nitrogens with one attached hydrogen (secondary N) is 1. The van der Waals surface area contributed by atoms with Crippen molar-refractivity contribution in [2.45, 2.75) is 39.3 Å².